The second-order valence-corrected chi connectivity index (χ2v) is 7.04. The zero-order valence-electron chi connectivity index (χ0n) is 12.1. The summed E-state index contributed by atoms with van der Waals surface area (Å²) in [5.41, 5.74) is 3.49. The van der Waals surface area contributed by atoms with Gasteiger partial charge in [0.2, 0.25) is 0 Å². The van der Waals surface area contributed by atoms with Crippen molar-refractivity contribution in [3.8, 4) is 11.3 Å². The van der Waals surface area contributed by atoms with Crippen LogP contribution >= 0.6 is 23.1 Å². The third-order valence-electron chi connectivity index (χ3n) is 3.50. The predicted octanol–water partition coefficient (Wildman–Crippen LogP) is 5.52. The fourth-order valence-corrected chi connectivity index (χ4v) is 4.14. The summed E-state index contributed by atoms with van der Waals surface area (Å²) in [6.45, 7) is 2.11. The van der Waals surface area contributed by atoms with Crippen molar-refractivity contribution in [2.45, 2.75) is 16.8 Å². The topological polar surface area (TPSA) is 17.3 Å². The summed E-state index contributed by atoms with van der Waals surface area (Å²) < 4.78 is 2.18. The molecule has 22 heavy (non-hydrogen) atoms. The Kier molecular flexibility index (Phi) is 3.48. The third-order valence-corrected chi connectivity index (χ3v) is 5.35. The van der Waals surface area contributed by atoms with Crippen LogP contribution in [0.1, 0.15) is 5.56 Å². The molecule has 0 aliphatic carbocycles. The molecule has 2 aromatic carbocycles. The van der Waals surface area contributed by atoms with Crippen LogP contribution in [0.25, 0.3) is 16.2 Å². The largest absolute Gasteiger partial charge is 0.284 e. The maximum Gasteiger partial charge on any atom is 0.195 e. The molecule has 0 amide bonds. The van der Waals surface area contributed by atoms with Gasteiger partial charge in [0.15, 0.2) is 4.96 Å². The van der Waals surface area contributed by atoms with Gasteiger partial charge >= 0.3 is 0 Å². The Morgan fingerprint density at radius 3 is 2.55 bits per heavy atom. The predicted molar refractivity (Wildman–Crippen MR) is 93.8 cm³/mol. The number of nitrogens with zero attached hydrogens (tertiary/aromatic N) is 2. The van der Waals surface area contributed by atoms with Gasteiger partial charge < -0.3 is 0 Å². The summed E-state index contributed by atoms with van der Waals surface area (Å²) in [6, 6.07) is 19.0. The Labute approximate surface area is 137 Å². The molecule has 0 saturated carbocycles. The Hall–Kier alpha value is -2.04. The van der Waals surface area contributed by atoms with E-state index >= 15 is 0 Å². The minimum atomic E-state index is 1.04. The molecule has 4 rings (SSSR count). The lowest BCUT2D eigenvalue weighted by molar-refractivity contribution is 1.07. The highest BCUT2D eigenvalue weighted by Gasteiger charge is 2.15. The van der Waals surface area contributed by atoms with Crippen molar-refractivity contribution in [3.63, 3.8) is 0 Å². The summed E-state index contributed by atoms with van der Waals surface area (Å²) in [6.07, 6.45) is 2.09. The SMILES string of the molecule is Cc1ccc(Sc2c(-c3ccccc3)nc3sccn23)cc1. The monoisotopic (exact) mass is 322 g/mol. The molecular formula is C18H14N2S2. The minimum absolute atomic E-state index is 1.04. The molecule has 0 fully saturated rings. The molecule has 4 aromatic rings. The highest BCUT2D eigenvalue weighted by molar-refractivity contribution is 7.99. The first kappa shape index (κ1) is 13.6. The number of fused-ring (bicyclic) bond motifs is 1. The number of hydrogen-bond donors (Lipinski definition) is 0. The minimum Gasteiger partial charge on any atom is -0.284 e. The van der Waals surface area contributed by atoms with Crippen LogP contribution in [0, 0.1) is 6.92 Å². The van der Waals surface area contributed by atoms with Gasteiger partial charge in [0.05, 0.1) is 0 Å². The average Bonchev–Trinajstić information content (AvgIpc) is 3.13. The van der Waals surface area contributed by atoms with Crippen molar-refractivity contribution in [1.29, 1.82) is 0 Å². The van der Waals surface area contributed by atoms with Gasteiger partial charge in [-0.15, -0.1) is 11.3 Å². The summed E-state index contributed by atoms with van der Waals surface area (Å²) in [5.74, 6) is 0. The first-order valence-corrected chi connectivity index (χ1v) is 8.76. The van der Waals surface area contributed by atoms with Crippen LogP contribution in [0.3, 0.4) is 0 Å². The summed E-state index contributed by atoms with van der Waals surface area (Å²) in [7, 11) is 0. The number of aromatic nitrogens is 2. The van der Waals surface area contributed by atoms with E-state index in [9.17, 15) is 0 Å². The highest BCUT2D eigenvalue weighted by atomic mass is 32.2. The molecule has 108 valence electrons. The molecule has 2 aromatic heterocycles. The number of imidazole rings is 1. The lowest BCUT2D eigenvalue weighted by Crippen LogP contribution is -1.85. The third kappa shape index (κ3) is 2.45. The molecule has 0 radical (unpaired) electrons. The molecule has 0 aliphatic rings. The molecule has 0 aliphatic heterocycles. The van der Waals surface area contributed by atoms with Gasteiger partial charge in [-0.3, -0.25) is 4.40 Å². The van der Waals surface area contributed by atoms with E-state index in [2.05, 4.69) is 71.4 Å². The zero-order valence-corrected chi connectivity index (χ0v) is 13.7. The standard InChI is InChI=1S/C18H14N2S2/c1-13-7-9-15(10-8-13)22-17-16(14-5-3-2-4-6-14)19-18-20(17)11-12-21-18/h2-12H,1H3. The molecule has 0 N–H and O–H groups in total. The fraction of sp³-hybridized carbons (Fsp3) is 0.0556. The molecule has 0 spiro atoms. The van der Waals surface area contributed by atoms with Gasteiger partial charge in [-0.2, -0.15) is 0 Å². The molecular weight excluding hydrogens is 308 g/mol. The van der Waals surface area contributed by atoms with E-state index < -0.39 is 0 Å². The van der Waals surface area contributed by atoms with Crippen LogP contribution in [0.15, 0.2) is 76.1 Å². The quantitative estimate of drug-likeness (QED) is 0.494. The normalized spacial score (nSPS) is 11.1. The van der Waals surface area contributed by atoms with E-state index in [1.165, 1.54) is 15.5 Å². The maximum atomic E-state index is 4.82. The smallest absolute Gasteiger partial charge is 0.195 e. The van der Waals surface area contributed by atoms with Crippen LogP contribution in [0.4, 0.5) is 0 Å². The lowest BCUT2D eigenvalue weighted by Gasteiger charge is -2.05. The first-order chi connectivity index (χ1) is 10.8. The van der Waals surface area contributed by atoms with Crippen LogP contribution in [-0.4, -0.2) is 9.38 Å². The van der Waals surface area contributed by atoms with E-state index in [0.717, 1.165) is 16.2 Å². The molecule has 4 heteroatoms. The van der Waals surface area contributed by atoms with E-state index in [1.54, 1.807) is 23.1 Å². The van der Waals surface area contributed by atoms with Gasteiger partial charge in [-0.05, 0) is 19.1 Å². The van der Waals surface area contributed by atoms with Gasteiger partial charge in [-0.1, -0.05) is 59.8 Å². The number of aryl methyl sites for hydroxylation is 1. The Morgan fingerprint density at radius 1 is 1.00 bits per heavy atom. The summed E-state index contributed by atoms with van der Waals surface area (Å²) in [5, 5.41) is 3.25. The van der Waals surface area contributed by atoms with Crippen molar-refractivity contribution in [2.24, 2.45) is 0 Å². The van der Waals surface area contributed by atoms with Gasteiger partial charge in [0, 0.05) is 22.0 Å². The zero-order chi connectivity index (χ0) is 14.9. The molecule has 0 unspecified atom stereocenters. The van der Waals surface area contributed by atoms with Crippen LogP contribution in [0.2, 0.25) is 0 Å². The van der Waals surface area contributed by atoms with E-state index in [1.807, 2.05) is 6.07 Å². The average molecular weight is 322 g/mol. The molecule has 2 heterocycles. The fourth-order valence-electron chi connectivity index (χ4n) is 2.36. The first-order valence-electron chi connectivity index (χ1n) is 7.07. The number of hydrogen-bond acceptors (Lipinski definition) is 3. The highest BCUT2D eigenvalue weighted by Crippen LogP contribution is 2.37. The lowest BCUT2D eigenvalue weighted by atomic mass is 10.2. The second-order valence-electron chi connectivity index (χ2n) is 5.10. The van der Waals surface area contributed by atoms with Gasteiger partial charge in [-0.25, -0.2) is 4.98 Å². The molecule has 0 atom stereocenters. The summed E-state index contributed by atoms with van der Waals surface area (Å²) >= 11 is 3.43. The van der Waals surface area contributed by atoms with Gasteiger partial charge in [0.25, 0.3) is 0 Å². The molecule has 0 saturated heterocycles. The Morgan fingerprint density at radius 2 is 1.77 bits per heavy atom. The van der Waals surface area contributed by atoms with Crippen molar-refractivity contribution in [2.75, 3.05) is 0 Å². The van der Waals surface area contributed by atoms with Gasteiger partial charge in [0.1, 0.15) is 10.7 Å². The van der Waals surface area contributed by atoms with E-state index in [-0.39, 0.29) is 0 Å². The van der Waals surface area contributed by atoms with E-state index in [4.69, 9.17) is 4.98 Å². The Balaban J connectivity index is 1.84. The Bertz CT molecular complexity index is 905. The van der Waals surface area contributed by atoms with Crippen molar-refractivity contribution >= 4 is 28.1 Å². The van der Waals surface area contributed by atoms with E-state index in [0.29, 0.717) is 0 Å². The number of benzene rings is 2. The molecule has 0 bridgehead atoms. The van der Waals surface area contributed by atoms with Crippen LogP contribution in [-0.2, 0) is 0 Å². The maximum absolute atomic E-state index is 4.82. The van der Waals surface area contributed by atoms with Crippen LogP contribution in [0.5, 0.6) is 0 Å². The number of thiazole rings is 1. The van der Waals surface area contributed by atoms with Crippen molar-refractivity contribution < 1.29 is 0 Å². The van der Waals surface area contributed by atoms with Crippen molar-refractivity contribution in [1.82, 2.24) is 9.38 Å². The molecule has 2 nitrogen and oxygen atoms in total. The summed E-state index contributed by atoms with van der Waals surface area (Å²) in [4.78, 5) is 7.09. The van der Waals surface area contributed by atoms with Crippen LogP contribution < -0.4 is 0 Å². The number of rotatable bonds is 3. The second kappa shape index (κ2) is 5.63. The van der Waals surface area contributed by atoms with Crippen molar-refractivity contribution in [3.05, 3.63) is 71.7 Å².